The number of nitrogens with one attached hydrogen (secondary N) is 1. The van der Waals surface area contributed by atoms with Gasteiger partial charge in [-0.2, -0.15) is 0 Å². The van der Waals surface area contributed by atoms with Crippen LogP contribution in [0.2, 0.25) is 4.47 Å². The Morgan fingerprint density at radius 3 is 2.87 bits per heavy atom. The molecule has 1 N–H and O–H groups in total. The van der Waals surface area contributed by atoms with E-state index < -0.39 is 5.82 Å². The lowest BCUT2D eigenvalue weighted by Gasteiger charge is -2.09. The first-order valence-corrected chi connectivity index (χ1v) is 8.05. The van der Waals surface area contributed by atoms with E-state index in [0.717, 1.165) is 10.4 Å². The van der Waals surface area contributed by atoms with Crippen molar-refractivity contribution in [3.05, 3.63) is 69.6 Å². The monoisotopic (exact) mass is 349 g/mol. The van der Waals surface area contributed by atoms with Crippen molar-refractivity contribution in [3.8, 4) is 5.75 Å². The Morgan fingerprint density at radius 1 is 1.26 bits per heavy atom. The van der Waals surface area contributed by atoms with Gasteiger partial charge in [-0.3, -0.25) is 4.98 Å². The zero-order chi connectivity index (χ0) is 16.1. The van der Waals surface area contributed by atoms with Crippen LogP contribution in [-0.4, -0.2) is 9.97 Å². The summed E-state index contributed by atoms with van der Waals surface area (Å²) in [6, 6.07) is 8.47. The summed E-state index contributed by atoms with van der Waals surface area (Å²) < 4.78 is 20.0. The van der Waals surface area contributed by atoms with E-state index in [1.54, 1.807) is 30.7 Å². The zero-order valence-electron chi connectivity index (χ0n) is 12.0. The molecule has 0 aliphatic heterocycles. The number of rotatable bonds is 6. The van der Waals surface area contributed by atoms with Gasteiger partial charge in [0, 0.05) is 40.8 Å². The first kappa shape index (κ1) is 15.7. The zero-order valence-corrected chi connectivity index (χ0v) is 13.6. The Kier molecular flexibility index (Phi) is 5.05. The largest absolute Gasteiger partial charge is 0.486 e. The summed E-state index contributed by atoms with van der Waals surface area (Å²) in [5.74, 6) is -0.207. The van der Waals surface area contributed by atoms with Crippen LogP contribution < -0.4 is 10.1 Å². The van der Waals surface area contributed by atoms with Gasteiger partial charge in [-0.1, -0.05) is 17.7 Å². The minimum atomic E-state index is -0.416. The Morgan fingerprint density at radius 2 is 2.17 bits per heavy atom. The van der Waals surface area contributed by atoms with E-state index in [9.17, 15) is 4.39 Å². The summed E-state index contributed by atoms with van der Waals surface area (Å²) in [7, 11) is 0. The highest BCUT2D eigenvalue weighted by atomic mass is 35.5. The molecule has 0 unspecified atom stereocenters. The number of thiazole rings is 1. The minimum Gasteiger partial charge on any atom is -0.486 e. The third kappa shape index (κ3) is 4.40. The second-order valence-corrected chi connectivity index (χ2v) is 6.43. The molecule has 0 saturated carbocycles. The molecule has 3 rings (SSSR count). The molecule has 2 heterocycles. The molecule has 1 aromatic carbocycles. The van der Waals surface area contributed by atoms with Crippen LogP contribution in [0.3, 0.4) is 0 Å². The van der Waals surface area contributed by atoms with Gasteiger partial charge in [0.2, 0.25) is 0 Å². The molecular formula is C16H13ClFN3OS. The molecule has 118 valence electrons. The number of aromatic nitrogens is 2. The molecule has 23 heavy (non-hydrogen) atoms. The maximum Gasteiger partial charge on any atom is 0.183 e. The molecule has 3 aromatic rings. The fourth-order valence-corrected chi connectivity index (χ4v) is 2.84. The van der Waals surface area contributed by atoms with Crippen molar-refractivity contribution in [2.45, 2.75) is 13.2 Å². The molecule has 0 aliphatic carbocycles. The average Bonchev–Trinajstić information content (AvgIpc) is 2.98. The minimum absolute atomic E-state index is 0.209. The SMILES string of the molecule is Fc1cc(NCc2cnc(Cl)s2)ccc1OCc1cccnc1. The molecule has 0 bridgehead atoms. The van der Waals surface area contributed by atoms with Gasteiger partial charge in [0.15, 0.2) is 16.0 Å². The van der Waals surface area contributed by atoms with E-state index in [2.05, 4.69) is 15.3 Å². The molecule has 7 heteroatoms. The Balaban J connectivity index is 1.59. The van der Waals surface area contributed by atoms with Crippen molar-refractivity contribution < 1.29 is 9.13 Å². The summed E-state index contributed by atoms with van der Waals surface area (Å²) in [5.41, 5.74) is 1.55. The summed E-state index contributed by atoms with van der Waals surface area (Å²) in [4.78, 5) is 8.93. The maximum absolute atomic E-state index is 14.1. The van der Waals surface area contributed by atoms with Crippen LogP contribution in [-0.2, 0) is 13.2 Å². The number of benzene rings is 1. The first-order valence-electron chi connectivity index (χ1n) is 6.86. The van der Waals surface area contributed by atoms with Gasteiger partial charge in [0.05, 0.1) is 6.54 Å². The van der Waals surface area contributed by atoms with Crippen molar-refractivity contribution in [2.24, 2.45) is 0 Å². The van der Waals surface area contributed by atoms with Crippen molar-refractivity contribution in [3.63, 3.8) is 0 Å². The van der Waals surface area contributed by atoms with E-state index in [-0.39, 0.29) is 12.4 Å². The van der Waals surface area contributed by atoms with Crippen LogP contribution in [0.15, 0.2) is 48.9 Å². The highest BCUT2D eigenvalue weighted by Crippen LogP contribution is 2.24. The molecule has 0 saturated heterocycles. The molecule has 0 amide bonds. The van der Waals surface area contributed by atoms with Crippen molar-refractivity contribution in [1.29, 1.82) is 0 Å². The second kappa shape index (κ2) is 7.39. The van der Waals surface area contributed by atoms with Crippen LogP contribution in [0.4, 0.5) is 10.1 Å². The topological polar surface area (TPSA) is 47.0 Å². The average molecular weight is 350 g/mol. The smallest absolute Gasteiger partial charge is 0.183 e. The Hall–Kier alpha value is -2.18. The molecule has 0 aliphatic rings. The number of nitrogens with zero attached hydrogens (tertiary/aromatic N) is 2. The molecule has 0 spiro atoms. The van der Waals surface area contributed by atoms with Gasteiger partial charge in [-0.25, -0.2) is 9.37 Å². The highest BCUT2D eigenvalue weighted by Gasteiger charge is 2.06. The van der Waals surface area contributed by atoms with Crippen LogP contribution in [0.1, 0.15) is 10.4 Å². The maximum atomic E-state index is 14.1. The first-order chi connectivity index (χ1) is 11.2. The summed E-state index contributed by atoms with van der Waals surface area (Å²) >= 11 is 7.16. The van der Waals surface area contributed by atoms with Crippen molar-refractivity contribution in [2.75, 3.05) is 5.32 Å². The molecular weight excluding hydrogens is 337 g/mol. The lowest BCUT2D eigenvalue weighted by atomic mass is 10.2. The summed E-state index contributed by atoms with van der Waals surface area (Å²) in [6.07, 6.45) is 5.07. The normalized spacial score (nSPS) is 10.5. The van der Waals surface area contributed by atoms with E-state index in [1.807, 2.05) is 12.1 Å². The Bertz CT molecular complexity index is 782. The van der Waals surface area contributed by atoms with Gasteiger partial charge in [0.25, 0.3) is 0 Å². The summed E-state index contributed by atoms with van der Waals surface area (Å²) in [5, 5.41) is 3.12. The van der Waals surface area contributed by atoms with Gasteiger partial charge in [0.1, 0.15) is 6.61 Å². The summed E-state index contributed by atoms with van der Waals surface area (Å²) in [6.45, 7) is 0.816. The van der Waals surface area contributed by atoms with Crippen LogP contribution in [0.5, 0.6) is 5.75 Å². The van der Waals surface area contributed by atoms with Gasteiger partial charge in [-0.05, 0) is 18.2 Å². The fraction of sp³-hybridized carbons (Fsp3) is 0.125. The lowest BCUT2D eigenvalue weighted by molar-refractivity contribution is 0.290. The molecule has 4 nitrogen and oxygen atoms in total. The van der Waals surface area contributed by atoms with Crippen LogP contribution >= 0.6 is 22.9 Å². The third-order valence-corrected chi connectivity index (χ3v) is 4.16. The second-order valence-electron chi connectivity index (χ2n) is 4.73. The molecule has 2 aromatic heterocycles. The van der Waals surface area contributed by atoms with Gasteiger partial charge >= 0.3 is 0 Å². The third-order valence-electron chi connectivity index (χ3n) is 3.04. The van der Waals surface area contributed by atoms with E-state index in [1.165, 1.54) is 17.4 Å². The van der Waals surface area contributed by atoms with Gasteiger partial charge in [-0.15, -0.1) is 11.3 Å². The van der Waals surface area contributed by atoms with E-state index in [4.69, 9.17) is 16.3 Å². The van der Waals surface area contributed by atoms with E-state index in [0.29, 0.717) is 16.7 Å². The number of hydrogen-bond acceptors (Lipinski definition) is 5. The number of hydrogen-bond donors (Lipinski definition) is 1. The fourth-order valence-electron chi connectivity index (χ4n) is 1.93. The van der Waals surface area contributed by atoms with Crippen molar-refractivity contribution >= 4 is 28.6 Å². The van der Waals surface area contributed by atoms with Crippen LogP contribution in [0, 0.1) is 5.82 Å². The standard InChI is InChI=1S/C16H13ClFN3OS/c17-16-21-9-13(23-16)8-20-12-3-4-15(14(18)6-12)22-10-11-2-1-5-19-7-11/h1-7,9,20H,8,10H2. The van der Waals surface area contributed by atoms with Gasteiger partial charge < -0.3 is 10.1 Å². The number of anilines is 1. The quantitative estimate of drug-likeness (QED) is 0.710. The van der Waals surface area contributed by atoms with Crippen LogP contribution in [0.25, 0.3) is 0 Å². The van der Waals surface area contributed by atoms with E-state index >= 15 is 0 Å². The predicted molar refractivity (Wildman–Crippen MR) is 89.4 cm³/mol. The number of halogens is 2. The number of pyridine rings is 1. The lowest BCUT2D eigenvalue weighted by Crippen LogP contribution is -2.00. The molecule has 0 fully saturated rings. The Labute approximate surface area is 141 Å². The predicted octanol–water partition coefficient (Wildman–Crippen LogP) is 4.52. The van der Waals surface area contributed by atoms with Crippen molar-refractivity contribution in [1.82, 2.24) is 9.97 Å². The molecule has 0 atom stereocenters. The number of ether oxygens (including phenoxy) is 1. The molecule has 0 radical (unpaired) electrons. The highest BCUT2D eigenvalue weighted by molar-refractivity contribution is 7.15.